The van der Waals surface area contributed by atoms with Crippen LogP contribution in [0.4, 0.5) is 5.69 Å². The number of methoxy groups -OCH3 is 3. The molecule has 0 spiro atoms. The van der Waals surface area contributed by atoms with E-state index in [1.165, 1.54) is 33.3 Å². The average Bonchev–Trinajstić information content (AvgIpc) is 3.83. The van der Waals surface area contributed by atoms with Gasteiger partial charge >= 0.3 is 0 Å². The number of halogens is 2. The molecule has 3 aromatic heterocycles. The molecule has 0 amide bonds. The first kappa shape index (κ1) is 32.5. The third-order valence-electron chi connectivity index (χ3n) is 8.97. The second-order valence-corrected chi connectivity index (χ2v) is 13.1. The van der Waals surface area contributed by atoms with Crippen LogP contribution in [0.5, 0.6) is 17.2 Å². The SMILES string of the molecule is COc1cc(N2CCN(C3CC3)CC2)c(C=CNS(=O)[O-])cc1-c1cc2c(cn1)cc(-c1c(Cl)c(OC)cc(OC)c1Cl)c1nccn12. The van der Waals surface area contributed by atoms with Crippen molar-refractivity contribution in [2.75, 3.05) is 52.4 Å². The zero-order valence-corrected chi connectivity index (χ0v) is 28.9. The summed E-state index contributed by atoms with van der Waals surface area (Å²) in [6.07, 6.45) is 11.1. The van der Waals surface area contributed by atoms with Crippen molar-refractivity contribution in [2.24, 2.45) is 0 Å². The molecule has 1 saturated heterocycles. The fraction of sp³-hybridized carbons (Fsp3) is 0.294. The predicted octanol–water partition coefficient (Wildman–Crippen LogP) is 6.19. The first-order chi connectivity index (χ1) is 23.3. The third-order valence-corrected chi connectivity index (χ3v) is 10.0. The van der Waals surface area contributed by atoms with Gasteiger partial charge in [0.15, 0.2) is 0 Å². The highest BCUT2D eigenvalue weighted by Crippen LogP contribution is 2.48. The smallest absolute Gasteiger partial charge is 0.145 e. The van der Waals surface area contributed by atoms with Gasteiger partial charge < -0.3 is 28.4 Å². The maximum absolute atomic E-state index is 11.3. The highest BCUT2D eigenvalue weighted by atomic mass is 35.5. The monoisotopic (exact) mass is 707 g/mol. The number of benzene rings is 2. The van der Waals surface area contributed by atoms with Crippen molar-refractivity contribution in [1.82, 2.24) is 24.0 Å². The number of ether oxygens (including phenoxy) is 3. The number of piperazine rings is 1. The lowest BCUT2D eigenvalue weighted by molar-refractivity contribution is 0.248. The number of rotatable bonds is 10. The van der Waals surface area contributed by atoms with E-state index < -0.39 is 11.3 Å². The van der Waals surface area contributed by atoms with Crippen LogP contribution in [0.3, 0.4) is 0 Å². The maximum Gasteiger partial charge on any atom is 0.145 e. The van der Waals surface area contributed by atoms with E-state index in [4.69, 9.17) is 42.4 Å². The molecule has 5 aromatic rings. The summed E-state index contributed by atoms with van der Waals surface area (Å²) in [5.74, 6) is 1.50. The highest BCUT2D eigenvalue weighted by Gasteiger charge is 2.32. The van der Waals surface area contributed by atoms with Gasteiger partial charge in [0.05, 0.1) is 42.6 Å². The van der Waals surface area contributed by atoms with Gasteiger partial charge in [0.25, 0.3) is 0 Å². The number of hydrogen-bond donors (Lipinski definition) is 1. The Hall–Kier alpha value is -4.07. The summed E-state index contributed by atoms with van der Waals surface area (Å²) in [5.41, 5.74) is 5.93. The van der Waals surface area contributed by atoms with Crippen LogP contribution in [0, 0.1) is 0 Å². The van der Waals surface area contributed by atoms with Gasteiger partial charge in [0, 0.05) is 114 Å². The van der Waals surface area contributed by atoms with Crippen LogP contribution >= 0.6 is 23.2 Å². The van der Waals surface area contributed by atoms with Gasteiger partial charge in [-0.2, -0.15) is 0 Å². The molecule has 1 unspecified atom stereocenters. The summed E-state index contributed by atoms with van der Waals surface area (Å²) in [6, 6.07) is 10.3. The number of nitrogens with zero attached hydrogens (tertiary/aromatic N) is 5. The molecule has 1 aliphatic carbocycles. The Morgan fingerprint density at radius 2 is 1.62 bits per heavy atom. The van der Waals surface area contributed by atoms with Crippen molar-refractivity contribution >= 4 is 62.8 Å². The molecule has 48 heavy (non-hydrogen) atoms. The van der Waals surface area contributed by atoms with Gasteiger partial charge in [-0.05, 0) is 37.1 Å². The Bertz CT molecular complexity index is 2050. The molecule has 1 aliphatic heterocycles. The van der Waals surface area contributed by atoms with Crippen molar-refractivity contribution < 1.29 is 23.0 Å². The molecule has 14 heteroatoms. The van der Waals surface area contributed by atoms with E-state index in [0.29, 0.717) is 55.8 Å². The largest absolute Gasteiger partial charge is 0.755 e. The van der Waals surface area contributed by atoms with Gasteiger partial charge in [-0.15, -0.1) is 0 Å². The van der Waals surface area contributed by atoms with Crippen LogP contribution < -0.4 is 23.8 Å². The summed E-state index contributed by atoms with van der Waals surface area (Å²) < 4.78 is 43.8. The van der Waals surface area contributed by atoms with Crippen LogP contribution in [0.25, 0.3) is 45.0 Å². The second kappa shape index (κ2) is 13.4. The molecule has 7 rings (SSSR count). The molecule has 0 bridgehead atoms. The van der Waals surface area contributed by atoms with Gasteiger partial charge in [0.2, 0.25) is 0 Å². The zero-order chi connectivity index (χ0) is 33.5. The van der Waals surface area contributed by atoms with E-state index in [2.05, 4.69) is 19.5 Å². The number of imidazole rings is 1. The lowest BCUT2D eigenvalue weighted by Crippen LogP contribution is -2.47. The maximum atomic E-state index is 11.3. The molecule has 1 saturated carbocycles. The van der Waals surface area contributed by atoms with Crippen molar-refractivity contribution in [3.8, 4) is 39.6 Å². The van der Waals surface area contributed by atoms with Crippen LogP contribution in [0.1, 0.15) is 18.4 Å². The first-order valence-corrected chi connectivity index (χ1v) is 17.2. The van der Waals surface area contributed by atoms with Gasteiger partial charge in [-0.25, -0.2) is 4.98 Å². The number of fused-ring (bicyclic) bond motifs is 3. The molecule has 1 atom stereocenters. The first-order valence-electron chi connectivity index (χ1n) is 15.4. The van der Waals surface area contributed by atoms with Gasteiger partial charge in [-0.1, -0.05) is 23.2 Å². The van der Waals surface area contributed by atoms with E-state index in [1.807, 2.05) is 34.9 Å². The van der Waals surface area contributed by atoms with E-state index in [9.17, 15) is 8.76 Å². The standard InChI is InChI=1S/C34H34Cl2N6O5S/c1-45-28-17-26(41-12-10-40(11-13-41)22-4-5-22)20(6-7-39-48(43)44)14-23(28)25-16-27-21(19-38-25)15-24(34-37-8-9-42(27)34)31-32(35)29(46-2)18-30(47-3)33(31)36/h6-9,14-19,22,39H,4-5,10-13H2,1-3H3,(H,43,44)/p-1. The van der Waals surface area contributed by atoms with Crippen molar-refractivity contribution in [2.45, 2.75) is 18.9 Å². The minimum atomic E-state index is -2.43. The predicted molar refractivity (Wildman–Crippen MR) is 189 cm³/mol. The summed E-state index contributed by atoms with van der Waals surface area (Å²) in [4.78, 5) is 14.4. The fourth-order valence-electron chi connectivity index (χ4n) is 6.45. The molecule has 2 fully saturated rings. The van der Waals surface area contributed by atoms with E-state index >= 15 is 0 Å². The van der Waals surface area contributed by atoms with Crippen molar-refractivity contribution in [3.05, 3.63) is 70.7 Å². The Labute approximate surface area is 290 Å². The Balaban J connectivity index is 1.34. The summed E-state index contributed by atoms with van der Waals surface area (Å²) in [7, 11) is 4.71. The fourth-order valence-corrected chi connectivity index (χ4v) is 7.34. The minimum Gasteiger partial charge on any atom is -0.755 e. The highest BCUT2D eigenvalue weighted by molar-refractivity contribution is 7.77. The molecule has 2 aliphatic rings. The number of hydrogen-bond acceptors (Lipinski definition) is 9. The summed E-state index contributed by atoms with van der Waals surface area (Å²) in [5, 5.41) is 1.50. The number of aromatic nitrogens is 3. The lowest BCUT2D eigenvalue weighted by atomic mass is 10.0. The topological polar surface area (TPSA) is 117 Å². The second-order valence-electron chi connectivity index (χ2n) is 11.6. The third kappa shape index (κ3) is 6.03. The molecule has 250 valence electrons. The molecule has 2 aromatic carbocycles. The number of pyridine rings is 2. The molecule has 0 radical (unpaired) electrons. The van der Waals surface area contributed by atoms with Crippen molar-refractivity contribution in [3.63, 3.8) is 0 Å². The molecule has 11 nitrogen and oxygen atoms in total. The number of anilines is 1. The van der Waals surface area contributed by atoms with E-state index in [-0.39, 0.29) is 0 Å². The lowest BCUT2D eigenvalue weighted by Gasteiger charge is -2.37. The summed E-state index contributed by atoms with van der Waals surface area (Å²) >= 11 is 11.2. The quantitative estimate of drug-likeness (QED) is 0.170. The van der Waals surface area contributed by atoms with E-state index in [0.717, 1.165) is 53.9 Å². The zero-order valence-electron chi connectivity index (χ0n) is 26.5. The molecular formula is C34H33Cl2N6O5S-. The Morgan fingerprint density at radius 1 is 0.917 bits per heavy atom. The average molecular weight is 709 g/mol. The van der Waals surface area contributed by atoms with Crippen molar-refractivity contribution in [1.29, 1.82) is 0 Å². The van der Waals surface area contributed by atoms with Gasteiger partial charge in [-0.3, -0.25) is 18.5 Å². The van der Waals surface area contributed by atoms with E-state index in [1.54, 1.807) is 31.6 Å². The van der Waals surface area contributed by atoms with Crippen LogP contribution in [0.15, 0.2) is 55.1 Å². The Kier molecular flexibility index (Phi) is 9.10. The molecule has 4 heterocycles. The van der Waals surface area contributed by atoms with Crippen LogP contribution in [-0.4, -0.2) is 81.6 Å². The Morgan fingerprint density at radius 3 is 2.27 bits per heavy atom. The molecular weight excluding hydrogens is 675 g/mol. The molecule has 1 N–H and O–H groups in total. The van der Waals surface area contributed by atoms with Gasteiger partial charge in [0.1, 0.15) is 22.9 Å². The summed E-state index contributed by atoms with van der Waals surface area (Å²) in [6.45, 7) is 3.69. The normalized spacial score (nSPS) is 16.2. The minimum absolute atomic E-state index is 0.340. The van der Waals surface area contributed by atoms with Crippen LogP contribution in [0.2, 0.25) is 10.0 Å². The number of nitrogens with one attached hydrogen (secondary N) is 1. The van der Waals surface area contributed by atoms with Crippen LogP contribution in [-0.2, 0) is 11.3 Å².